The lowest BCUT2D eigenvalue weighted by Gasteiger charge is -2.36. The molecule has 106 valence electrons. The Hall–Kier alpha value is -1.26. The van der Waals surface area contributed by atoms with Crippen molar-refractivity contribution in [2.24, 2.45) is 0 Å². The lowest BCUT2D eigenvalue weighted by molar-refractivity contribution is -0.0314. The van der Waals surface area contributed by atoms with E-state index >= 15 is 0 Å². The van der Waals surface area contributed by atoms with Gasteiger partial charge in [0, 0.05) is 13.1 Å². The minimum Gasteiger partial charge on any atom is -0.490 e. The van der Waals surface area contributed by atoms with Gasteiger partial charge in [0.25, 0.3) is 0 Å². The third-order valence-electron chi connectivity index (χ3n) is 3.42. The fourth-order valence-electron chi connectivity index (χ4n) is 2.16. The van der Waals surface area contributed by atoms with Crippen molar-refractivity contribution in [3.63, 3.8) is 0 Å². The molecule has 1 fully saturated rings. The molecule has 0 aromatic heterocycles. The lowest BCUT2D eigenvalue weighted by atomic mass is 9.80. The van der Waals surface area contributed by atoms with Crippen LogP contribution in [0.25, 0.3) is 0 Å². The maximum absolute atomic E-state index is 9.92. The molecule has 1 aliphatic rings. The van der Waals surface area contributed by atoms with Crippen LogP contribution < -0.4 is 14.8 Å². The van der Waals surface area contributed by atoms with Gasteiger partial charge in [-0.1, -0.05) is 12.1 Å². The van der Waals surface area contributed by atoms with Crippen LogP contribution in [0.3, 0.4) is 0 Å². The van der Waals surface area contributed by atoms with E-state index in [1.165, 1.54) is 0 Å². The van der Waals surface area contributed by atoms with Crippen LogP contribution in [0.15, 0.2) is 24.3 Å². The van der Waals surface area contributed by atoms with E-state index in [4.69, 9.17) is 9.47 Å². The van der Waals surface area contributed by atoms with Crippen molar-refractivity contribution in [2.75, 3.05) is 26.3 Å². The van der Waals surface area contributed by atoms with Gasteiger partial charge < -0.3 is 19.9 Å². The Morgan fingerprint density at radius 1 is 1.21 bits per heavy atom. The fraction of sp³-hybridized carbons (Fsp3) is 0.600. The zero-order chi connectivity index (χ0) is 13.6. The Balaban J connectivity index is 1.67. The van der Waals surface area contributed by atoms with Gasteiger partial charge in [-0.05, 0) is 38.3 Å². The molecule has 0 unspecified atom stereocenters. The molecule has 1 saturated carbocycles. The molecule has 4 heteroatoms. The van der Waals surface area contributed by atoms with Crippen molar-refractivity contribution < 1.29 is 14.6 Å². The molecule has 19 heavy (non-hydrogen) atoms. The standard InChI is InChI=1S/C15H23NO3/c1-2-18-13-6-3-4-7-14(13)19-11-10-16-12-15(17)8-5-9-15/h3-4,6-7,16-17H,2,5,8-12H2,1H3. The largest absolute Gasteiger partial charge is 0.490 e. The quantitative estimate of drug-likeness (QED) is 0.706. The van der Waals surface area contributed by atoms with E-state index in [9.17, 15) is 5.11 Å². The van der Waals surface area contributed by atoms with Gasteiger partial charge in [-0.3, -0.25) is 0 Å². The molecule has 0 atom stereocenters. The second-order valence-electron chi connectivity index (χ2n) is 4.98. The van der Waals surface area contributed by atoms with Crippen molar-refractivity contribution in [1.82, 2.24) is 5.32 Å². The third-order valence-corrected chi connectivity index (χ3v) is 3.42. The smallest absolute Gasteiger partial charge is 0.161 e. The van der Waals surface area contributed by atoms with E-state index in [1.54, 1.807) is 0 Å². The van der Waals surface area contributed by atoms with Gasteiger partial charge >= 0.3 is 0 Å². The molecule has 2 N–H and O–H groups in total. The van der Waals surface area contributed by atoms with Crippen molar-refractivity contribution in [2.45, 2.75) is 31.8 Å². The van der Waals surface area contributed by atoms with Crippen LogP contribution in [0.5, 0.6) is 11.5 Å². The van der Waals surface area contributed by atoms with E-state index in [0.29, 0.717) is 19.8 Å². The first-order chi connectivity index (χ1) is 9.23. The first-order valence-electron chi connectivity index (χ1n) is 7.01. The molecule has 0 spiro atoms. The second kappa shape index (κ2) is 6.78. The maximum Gasteiger partial charge on any atom is 0.161 e. The average Bonchev–Trinajstić information content (AvgIpc) is 2.38. The van der Waals surface area contributed by atoms with E-state index in [0.717, 1.165) is 37.3 Å². The molecular weight excluding hydrogens is 242 g/mol. The Labute approximate surface area is 114 Å². The van der Waals surface area contributed by atoms with E-state index in [-0.39, 0.29) is 0 Å². The minimum atomic E-state index is -0.469. The molecule has 1 aromatic rings. The van der Waals surface area contributed by atoms with E-state index in [2.05, 4.69) is 5.32 Å². The molecule has 0 aliphatic heterocycles. The van der Waals surface area contributed by atoms with Crippen molar-refractivity contribution >= 4 is 0 Å². The van der Waals surface area contributed by atoms with Crippen LogP contribution in [-0.4, -0.2) is 37.0 Å². The summed E-state index contributed by atoms with van der Waals surface area (Å²) in [6.07, 6.45) is 2.96. The Morgan fingerprint density at radius 2 is 1.89 bits per heavy atom. The second-order valence-corrected chi connectivity index (χ2v) is 4.98. The maximum atomic E-state index is 9.92. The number of hydrogen-bond acceptors (Lipinski definition) is 4. The first-order valence-corrected chi connectivity index (χ1v) is 7.01. The van der Waals surface area contributed by atoms with Crippen LogP contribution >= 0.6 is 0 Å². The predicted octanol–water partition coefficient (Wildman–Crippen LogP) is 1.97. The number of rotatable bonds is 8. The summed E-state index contributed by atoms with van der Waals surface area (Å²) in [7, 11) is 0. The number of nitrogens with one attached hydrogen (secondary N) is 1. The van der Waals surface area contributed by atoms with Gasteiger partial charge in [0.2, 0.25) is 0 Å². The van der Waals surface area contributed by atoms with E-state index < -0.39 is 5.60 Å². The Kier molecular flexibility index (Phi) is 5.05. The zero-order valence-electron chi connectivity index (χ0n) is 11.5. The van der Waals surface area contributed by atoms with Crippen molar-refractivity contribution in [3.05, 3.63) is 24.3 Å². The average molecular weight is 265 g/mol. The summed E-state index contributed by atoms with van der Waals surface area (Å²) in [4.78, 5) is 0. The summed E-state index contributed by atoms with van der Waals surface area (Å²) in [5.74, 6) is 1.55. The lowest BCUT2D eigenvalue weighted by Crippen LogP contribution is -2.46. The van der Waals surface area contributed by atoms with E-state index in [1.807, 2.05) is 31.2 Å². The van der Waals surface area contributed by atoms with Crippen LogP contribution in [0, 0.1) is 0 Å². The third kappa shape index (κ3) is 4.11. The molecule has 1 aliphatic carbocycles. The molecule has 2 rings (SSSR count). The molecule has 0 amide bonds. The van der Waals surface area contributed by atoms with Crippen LogP contribution in [0.1, 0.15) is 26.2 Å². The van der Waals surface area contributed by atoms with Crippen LogP contribution in [0.4, 0.5) is 0 Å². The minimum absolute atomic E-state index is 0.469. The number of benzene rings is 1. The summed E-state index contributed by atoms with van der Waals surface area (Å²) in [6, 6.07) is 7.68. The van der Waals surface area contributed by atoms with Crippen LogP contribution in [0.2, 0.25) is 0 Å². The SMILES string of the molecule is CCOc1ccccc1OCCNCC1(O)CCC1. The van der Waals surface area contributed by atoms with Crippen molar-refractivity contribution in [3.8, 4) is 11.5 Å². The summed E-state index contributed by atoms with van der Waals surface area (Å²) < 4.78 is 11.2. The fourth-order valence-corrected chi connectivity index (χ4v) is 2.16. The number of hydrogen-bond donors (Lipinski definition) is 2. The Bertz CT molecular complexity index is 391. The molecule has 0 bridgehead atoms. The number of aliphatic hydroxyl groups is 1. The van der Waals surface area contributed by atoms with Crippen molar-refractivity contribution in [1.29, 1.82) is 0 Å². The highest BCUT2D eigenvalue weighted by Gasteiger charge is 2.33. The molecule has 0 saturated heterocycles. The predicted molar refractivity (Wildman–Crippen MR) is 74.8 cm³/mol. The van der Waals surface area contributed by atoms with Gasteiger partial charge in [0.15, 0.2) is 11.5 Å². The van der Waals surface area contributed by atoms with Gasteiger partial charge in [-0.15, -0.1) is 0 Å². The zero-order valence-corrected chi connectivity index (χ0v) is 11.5. The summed E-state index contributed by atoms with van der Waals surface area (Å²) in [6.45, 7) is 4.54. The highest BCUT2D eigenvalue weighted by atomic mass is 16.5. The highest BCUT2D eigenvalue weighted by Crippen LogP contribution is 2.30. The first kappa shape index (κ1) is 14.2. The number of para-hydroxylation sites is 2. The Morgan fingerprint density at radius 3 is 2.47 bits per heavy atom. The molecule has 0 radical (unpaired) electrons. The normalized spacial score (nSPS) is 16.7. The summed E-state index contributed by atoms with van der Waals surface area (Å²) >= 11 is 0. The van der Waals surface area contributed by atoms with Gasteiger partial charge in [0.1, 0.15) is 6.61 Å². The topological polar surface area (TPSA) is 50.7 Å². The molecular formula is C15H23NO3. The number of ether oxygens (including phenoxy) is 2. The highest BCUT2D eigenvalue weighted by molar-refractivity contribution is 5.39. The molecule has 4 nitrogen and oxygen atoms in total. The van der Waals surface area contributed by atoms with Gasteiger partial charge in [-0.2, -0.15) is 0 Å². The monoisotopic (exact) mass is 265 g/mol. The van der Waals surface area contributed by atoms with Gasteiger partial charge in [0.05, 0.1) is 12.2 Å². The summed E-state index contributed by atoms with van der Waals surface area (Å²) in [5, 5.41) is 13.2. The summed E-state index contributed by atoms with van der Waals surface area (Å²) in [5.41, 5.74) is -0.469. The molecule has 1 aromatic carbocycles. The van der Waals surface area contributed by atoms with Gasteiger partial charge in [-0.25, -0.2) is 0 Å². The van der Waals surface area contributed by atoms with Crippen LogP contribution in [-0.2, 0) is 0 Å². The molecule has 0 heterocycles.